The number of fused-ring (bicyclic) bond motifs is 1. The first-order valence-electron chi connectivity index (χ1n) is 10.8. The Morgan fingerprint density at radius 1 is 1.00 bits per heavy atom. The smallest absolute Gasteiger partial charge is 0.255 e. The van der Waals surface area contributed by atoms with E-state index in [9.17, 15) is 13.2 Å². The lowest BCUT2D eigenvalue weighted by Gasteiger charge is -2.29. The van der Waals surface area contributed by atoms with Gasteiger partial charge >= 0.3 is 0 Å². The van der Waals surface area contributed by atoms with Gasteiger partial charge in [0.25, 0.3) is 5.91 Å². The maximum Gasteiger partial charge on any atom is 0.255 e. The van der Waals surface area contributed by atoms with Gasteiger partial charge in [0.2, 0.25) is 0 Å². The van der Waals surface area contributed by atoms with E-state index in [1.54, 1.807) is 0 Å². The summed E-state index contributed by atoms with van der Waals surface area (Å²) >= 11 is 0. The van der Waals surface area contributed by atoms with E-state index in [1.807, 2.05) is 35.2 Å². The van der Waals surface area contributed by atoms with Crippen LogP contribution in [0.1, 0.15) is 40.7 Å². The number of nitrogens with zero attached hydrogens (tertiary/aromatic N) is 2. The standard InChI is InChI=1S/C25H26N2O3S/c1-16-7-10-20(17(2)13-16)24-14-22(21-5-3-4-6-23(21)26-24)25(28)27(18-8-9-18)19-11-12-31(29,30)15-19/h3-7,10,13-14,18-19H,8-9,11-12,15H2,1-2H3. The Morgan fingerprint density at radius 3 is 2.45 bits per heavy atom. The quantitative estimate of drug-likeness (QED) is 0.614. The summed E-state index contributed by atoms with van der Waals surface area (Å²) < 4.78 is 24.2. The van der Waals surface area contributed by atoms with Gasteiger partial charge in [-0.3, -0.25) is 4.79 Å². The van der Waals surface area contributed by atoms with Gasteiger partial charge in [0.15, 0.2) is 9.84 Å². The van der Waals surface area contributed by atoms with E-state index < -0.39 is 9.84 Å². The van der Waals surface area contributed by atoms with Crippen LogP contribution in [0.25, 0.3) is 22.2 Å². The molecule has 1 aromatic heterocycles. The number of para-hydroxylation sites is 1. The van der Waals surface area contributed by atoms with Gasteiger partial charge < -0.3 is 4.90 Å². The molecule has 1 amide bonds. The van der Waals surface area contributed by atoms with E-state index in [4.69, 9.17) is 4.98 Å². The molecule has 1 saturated carbocycles. The van der Waals surface area contributed by atoms with E-state index in [0.717, 1.165) is 40.6 Å². The minimum atomic E-state index is -3.07. The Bertz CT molecular complexity index is 1300. The number of aryl methyl sites for hydroxylation is 2. The van der Waals surface area contributed by atoms with Crippen LogP contribution in [0.2, 0.25) is 0 Å². The van der Waals surface area contributed by atoms with Crippen molar-refractivity contribution in [3.63, 3.8) is 0 Å². The van der Waals surface area contributed by atoms with Crippen molar-refractivity contribution in [1.29, 1.82) is 0 Å². The molecule has 0 spiro atoms. The summed E-state index contributed by atoms with van der Waals surface area (Å²) in [6.45, 7) is 4.11. The number of hydrogen-bond donors (Lipinski definition) is 0. The van der Waals surface area contributed by atoms with Crippen LogP contribution in [0.3, 0.4) is 0 Å². The number of carbonyl (C=O) groups is 1. The molecule has 1 saturated heterocycles. The topological polar surface area (TPSA) is 67.3 Å². The van der Waals surface area contributed by atoms with Gasteiger partial charge in [0.1, 0.15) is 0 Å². The molecule has 2 heterocycles. The number of sulfone groups is 1. The van der Waals surface area contributed by atoms with Gasteiger partial charge in [0, 0.05) is 23.0 Å². The number of amides is 1. The van der Waals surface area contributed by atoms with Crippen molar-refractivity contribution in [3.8, 4) is 11.3 Å². The average molecular weight is 435 g/mol. The van der Waals surface area contributed by atoms with Crippen LogP contribution >= 0.6 is 0 Å². The zero-order chi connectivity index (χ0) is 21.8. The van der Waals surface area contributed by atoms with E-state index in [-0.39, 0.29) is 29.5 Å². The first kappa shape index (κ1) is 20.2. The van der Waals surface area contributed by atoms with E-state index >= 15 is 0 Å². The van der Waals surface area contributed by atoms with Gasteiger partial charge in [-0.1, -0.05) is 42.0 Å². The van der Waals surface area contributed by atoms with Crippen LogP contribution in [0.5, 0.6) is 0 Å². The molecule has 5 rings (SSSR count). The van der Waals surface area contributed by atoms with Gasteiger partial charge in [-0.05, 0) is 50.8 Å². The second-order valence-corrected chi connectivity index (χ2v) is 11.1. The van der Waals surface area contributed by atoms with Crippen molar-refractivity contribution in [2.45, 2.75) is 45.2 Å². The Balaban J connectivity index is 1.63. The summed E-state index contributed by atoms with van der Waals surface area (Å²) in [6.07, 6.45) is 2.40. The molecule has 2 aromatic carbocycles. The maximum absolute atomic E-state index is 13.9. The molecule has 160 valence electrons. The molecule has 31 heavy (non-hydrogen) atoms. The number of hydrogen-bond acceptors (Lipinski definition) is 4. The third kappa shape index (κ3) is 3.85. The first-order valence-corrected chi connectivity index (χ1v) is 12.6. The average Bonchev–Trinajstić information content (AvgIpc) is 3.49. The lowest BCUT2D eigenvalue weighted by atomic mass is 9.98. The highest BCUT2D eigenvalue weighted by molar-refractivity contribution is 7.91. The highest BCUT2D eigenvalue weighted by Gasteiger charge is 2.42. The highest BCUT2D eigenvalue weighted by atomic mass is 32.2. The lowest BCUT2D eigenvalue weighted by Crippen LogP contribution is -2.42. The number of aromatic nitrogens is 1. The third-order valence-electron chi connectivity index (χ3n) is 6.38. The fourth-order valence-electron chi connectivity index (χ4n) is 4.71. The number of pyridine rings is 1. The largest absolute Gasteiger partial charge is 0.332 e. The van der Waals surface area contributed by atoms with Crippen LogP contribution < -0.4 is 0 Å². The molecule has 6 heteroatoms. The monoisotopic (exact) mass is 434 g/mol. The van der Waals surface area contributed by atoms with Crippen molar-refractivity contribution in [2.75, 3.05) is 11.5 Å². The Labute approximate surface area is 183 Å². The summed E-state index contributed by atoms with van der Waals surface area (Å²) in [5.41, 5.74) is 5.46. The first-order chi connectivity index (χ1) is 14.8. The van der Waals surface area contributed by atoms with Crippen molar-refractivity contribution < 1.29 is 13.2 Å². The van der Waals surface area contributed by atoms with Crippen molar-refractivity contribution >= 4 is 26.6 Å². The third-order valence-corrected chi connectivity index (χ3v) is 8.13. The van der Waals surface area contributed by atoms with Crippen LogP contribution in [-0.4, -0.2) is 47.8 Å². The zero-order valence-corrected chi connectivity index (χ0v) is 18.7. The molecule has 0 bridgehead atoms. The van der Waals surface area contributed by atoms with Crippen LogP contribution in [0.4, 0.5) is 0 Å². The normalized spacial score (nSPS) is 20.1. The second kappa shape index (κ2) is 7.45. The predicted octanol–water partition coefficient (Wildman–Crippen LogP) is 4.31. The SMILES string of the molecule is Cc1ccc(-c2cc(C(=O)N(C3CC3)C3CCS(=O)(=O)C3)c3ccccc3n2)c(C)c1. The van der Waals surface area contributed by atoms with Crippen molar-refractivity contribution in [2.24, 2.45) is 0 Å². The van der Waals surface area contributed by atoms with Crippen molar-refractivity contribution in [3.05, 3.63) is 65.2 Å². The van der Waals surface area contributed by atoms with E-state index in [2.05, 4.69) is 32.0 Å². The molecule has 0 N–H and O–H groups in total. The van der Waals surface area contributed by atoms with Crippen LogP contribution in [0.15, 0.2) is 48.5 Å². The van der Waals surface area contributed by atoms with Gasteiger partial charge in [-0.2, -0.15) is 0 Å². The van der Waals surface area contributed by atoms with Gasteiger partial charge in [0.05, 0.1) is 28.3 Å². The molecule has 2 aliphatic rings. The Hall–Kier alpha value is -2.73. The van der Waals surface area contributed by atoms with Crippen LogP contribution in [-0.2, 0) is 9.84 Å². The molecule has 1 atom stereocenters. The molecule has 2 fully saturated rings. The number of rotatable bonds is 4. The summed E-state index contributed by atoms with van der Waals surface area (Å²) in [5, 5.41) is 0.813. The minimum absolute atomic E-state index is 0.0716. The number of benzene rings is 2. The number of carbonyl (C=O) groups excluding carboxylic acids is 1. The second-order valence-electron chi connectivity index (χ2n) is 8.89. The fourth-order valence-corrected chi connectivity index (χ4v) is 6.42. The van der Waals surface area contributed by atoms with Crippen molar-refractivity contribution in [1.82, 2.24) is 9.88 Å². The molecule has 5 nitrogen and oxygen atoms in total. The van der Waals surface area contributed by atoms with E-state index in [0.29, 0.717) is 12.0 Å². The summed E-state index contributed by atoms with van der Waals surface area (Å²) in [7, 11) is -3.07. The summed E-state index contributed by atoms with van der Waals surface area (Å²) in [5.74, 6) is 0.163. The summed E-state index contributed by atoms with van der Waals surface area (Å²) in [6, 6.07) is 15.7. The molecular formula is C25H26N2O3S. The Kier molecular flexibility index (Phi) is 4.85. The fraction of sp³-hybridized carbons (Fsp3) is 0.360. The molecular weight excluding hydrogens is 408 g/mol. The molecule has 1 aliphatic heterocycles. The molecule has 1 unspecified atom stereocenters. The van der Waals surface area contributed by atoms with E-state index in [1.165, 1.54) is 5.56 Å². The van der Waals surface area contributed by atoms with Gasteiger partial charge in [-0.15, -0.1) is 0 Å². The molecule has 3 aromatic rings. The van der Waals surface area contributed by atoms with Crippen LogP contribution in [0, 0.1) is 13.8 Å². The molecule has 1 aliphatic carbocycles. The lowest BCUT2D eigenvalue weighted by molar-refractivity contribution is 0.0683. The Morgan fingerprint density at radius 2 is 1.77 bits per heavy atom. The maximum atomic E-state index is 13.9. The zero-order valence-electron chi connectivity index (χ0n) is 17.8. The molecule has 0 radical (unpaired) electrons. The summed E-state index contributed by atoms with van der Waals surface area (Å²) in [4.78, 5) is 20.6. The van der Waals surface area contributed by atoms with Gasteiger partial charge in [-0.25, -0.2) is 13.4 Å². The minimum Gasteiger partial charge on any atom is -0.332 e. The highest BCUT2D eigenvalue weighted by Crippen LogP contribution is 2.35. The predicted molar refractivity (Wildman–Crippen MR) is 123 cm³/mol.